The van der Waals surface area contributed by atoms with E-state index in [-0.39, 0.29) is 31.0 Å². The van der Waals surface area contributed by atoms with Crippen LogP contribution >= 0.6 is 0 Å². The van der Waals surface area contributed by atoms with Gasteiger partial charge in [0.15, 0.2) is 17.5 Å². The Balaban J connectivity index is 1.75. The Kier molecular flexibility index (Phi) is 5.46. The van der Waals surface area contributed by atoms with E-state index < -0.39 is 29.5 Å². The van der Waals surface area contributed by atoms with E-state index in [2.05, 4.69) is 0 Å². The first kappa shape index (κ1) is 18.9. The molecule has 0 saturated carbocycles. The van der Waals surface area contributed by atoms with Crippen LogP contribution < -0.4 is 0 Å². The Bertz CT molecular complexity index is 847. The molecule has 1 heterocycles. The van der Waals surface area contributed by atoms with Gasteiger partial charge in [-0.2, -0.15) is 0 Å². The molecule has 1 atom stereocenters. The van der Waals surface area contributed by atoms with E-state index in [0.29, 0.717) is 17.7 Å². The van der Waals surface area contributed by atoms with Crippen molar-refractivity contribution in [1.82, 2.24) is 4.90 Å². The number of nitrogens with zero attached hydrogens (tertiary/aromatic N) is 1. The van der Waals surface area contributed by atoms with Crippen LogP contribution in [0.5, 0.6) is 0 Å². The molecule has 142 valence electrons. The van der Waals surface area contributed by atoms with Crippen molar-refractivity contribution in [3.05, 3.63) is 59.4 Å². The van der Waals surface area contributed by atoms with E-state index >= 15 is 0 Å². The third kappa shape index (κ3) is 4.28. The molecule has 1 aliphatic rings. The van der Waals surface area contributed by atoms with Crippen molar-refractivity contribution in [1.29, 1.82) is 0 Å². The molecule has 2 aromatic carbocycles. The van der Waals surface area contributed by atoms with Crippen molar-refractivity contribution < 1.29 is 32.6 Å². The van der Waals surface area contributed by atoms with Gasteiger partial charge in [0.1, 0.15) is 0 Å². The fraction of sp³-hybridized carbons (Fsp3) is 0.263. The topological polar surface area (TPSA) is 66.8 Å². The van der Waals surface area contributed by atoms with E-state index in [1.807, 2.05) is 0 Å². The molecule has 3 rings (SSSR count). The lowest BCUT2D eigenvalue weighted by atomic mass is 10.0. The second-order valence-corrected chi connectivity index (χ2v) is 6.17. The van der Waals surface area contributed by atoms with Crippen molar-refractivity contribution in [2.24, 2.45) is 0 Å². The molecule has 0 spiro atoms. The Morgan fingerprint density at radius 1 is 1.07 bits per heavy atom. The van der Waals surface area contributed by atoms with Crippen LogP contribution in [0.3, 0.4) is 0 Å². The van der Waals surface area contributed by atoms with Gasteiger partial charge in [-0.3, -0.25) is 9.59 Å². The Morgan fingerprint density at radius 2 is 1.70 bits per heavy atom. The third-order valence-corrected chi connectivity index (χ3v) is 4.28. The van der Waals surface area contributed by atoms with E-state index in [9.17, 15) is 22.8 Å². The summed E-state index contributed by atoms with van der Waals surface area (Å²) in [6, 6.07) is 7.78. The molecule has 1 fully saturated rings. The first-order chi connectivity index (χ1) is 12.8. The Labute approximate surface area is 153 Å². The Morgan fingerprint density at radius 3 is 2.30 bits per heavy atom. The van der Waals surface area contributed by atoms with E-state index in [4.69, 9.17) is 9.84 Å². The molecule has 1 amide bonds. The second-order valence-electron chi connectivity index (χ2n) is 6.17. The fourth-order valence-corrected chi connectivity index (χ4v) is 2.93. The highest BCUT2D eigenvalue weighted by molar-refractivity contribution is 5.94. The maximum atomic E-state index is 13.4. The van der Waals surface area contributed by atoms with Crippen LogP contribution in [0.1, 0.15) is 16.8 Å². The minimum Gasteiger partial charge on any atom is -0.481 e. The molecule has 1 saturated heterocycles. The number of carbonyl (C=O) groups is 2. The summed E-state index contributed by atoms with van der Waals surface area (Å²) in [5.74, 6) is -5.41. The largest absolute Gasteiger partial charge is 0.481 e. The highest BCUT2D eigenvalue weighted by Crippen LogP contribution is 2.24. The summed E-state index contributed by atoms with van der Waals surface area (Å²) >= 11 is 0. The number of halogens is 3. The highest BCUT2D eigenvalue weighted by atomic mass is 19.2. The molecule has 8 heteroatoms. The lowest BCUT2D eigenvalue weighted by molar-refractivity contribution is -0.141. The van der Waals surface area contributed by atoms with Gasteiger partial charge in [0.25, 0.3) is 5.91 Å². The zero-order valence-electron chi connectivity index (χ0n) is 14.1. The molecule has 27 heavy (non-hydrogen) atoms. The number of carboxylic acids is 1. The van der Waals surface area contributed by atoms with Gasteiger partial charge in [0, 0.05) is 18.7 Å². The number of carbonyl (C=O) groups excluding carboxylic acids is 1. The smallest absolute Gasteiger partial charge is 0.306 e. The molecule has 1 unspecified atom stereocenters. The van der Waals surface area contributed by atoms with Crippen molar-refractivity contribution in [3.63, 3.8) is 0 Å². The maximum Gasteiger partial charge on any atom is 0.306 e. The molecule has 5 nitrogen and oxygen atoms in total. The van der Waals surface area contributed by atoms with Crippen molar-refractivity contribution in [3.8, 4) is 11.1 Å². The third-order valence-electron chi connectivity index (χ3n) is 4.28. The van der Waals surface area contributed by atoms with E-state index in [1.54, 1.807) is 0 Å². The molecule has 0 radical (unpaired) electrons. The number of morpholine rings is 1. The summed E-state index contributed by atoms with van der Waals surface area (Å²) in [5.41, 5.74) is 0.922. The van der Waals surface area contributed by atoms with E-state index in [1.165, 1.54) is 29.2 Å². The molecule has 1 aliphatic heterocycles. The SMILES string of the molecule is O=C(O)CC1CN(C(=O)c2ccc(-c3cc(F)c(F)c(F)c3)cc2)CCO1. The molecule has 1 N–H and O–H groups in total. The van der Waals surface area contributed by atoms with Gasteiger partial charge >= 0.3 is 5.97 Å². The second kappa shape index (κ2) is 7.79. The first-order valence-corrected chi connectivity index (χ1v) is 8.23. The van der Waals surface area contributed by atoms with Crippen LogP contribution in [-0.2, 0) is 9.53 Å². The number of ether oxygens (including phenoxy) is 1. The summed E-state index contributed by atoms with van der Waals surface area (Å²) in [6.07, 6.45) is -0.755. The molecular formula is C19H16F3NO4. The molecule has 0 aromatic heterocycles. The number of hydrogen-bond donors (Lipinski definition) is 1. The van der Waals surface area contributed by atoms with Crippen LogP contribution in [0.2, 0.25) is 0 Å². The first-order valence-electron chi connectivity index (χ1n) is 8.23. The van der Waals surface area contributed by atoms with Gasteiger partial charge in [-0.05, 0) is 35.4 Å². The van der Waals surface area contributed by atoms with Gasteiger partial charge in [-0.15, -0.1) is 0 Å². The maximum absolute atomic E-state index is 13.4. The van der Waals surface area contributed by atoms with Crippen LogP contribution in [0.25, 0.3) is 11.1 Å². The summed E-state index contributed by atoms with van der Waals surface area (Å²) in [7, 11) is 0. The molecule has 0 bridgehead atoms. The predicted molar refractivity (Wildman–Crippen MR) is 89.6 cm³/mol. The summed E-state index contributed by atoms with van der Waals surface area (Å²) < 4.78 is 45.2. The van der Waals surface area contributed by atoms with Gasteiger partial charge in [0.2, 0.25) is 0 Å². The molecular weight excluding hydrogens is 363 g/mol. The minimum absolute atomic E-state index is 0.151. The van der Waals surface area contributed by atoms with Crippen LogP contribution in [0.15, 0.2) is 36.4 Å². The zero-order chi connectivity index (χ0) is 19.6. The standard InChI is InChI=1S/C19H16F3NO4/c20-15-7-13(8-16(21)18(15)22)11-1-3-12(4-2-11)19(26)23-5-6-27-14(10-23)9-17(24)25/h1-4,7-8,14H,5-6,9-10H2,(H,24,25). The van der Waals surface area contributed by atoms with Gasteiger partial charge in [-0.1, -0.05) is 12.1 Å². The van der Waals surface area contributed by atoms with Crippen molar-refractivity contribution in [2.75, 3.05) is 19.7 Å². The van der Waals surface area contributed by atoms with Gasteiger partial charge < -0.3 is 14.7 Å². The quantitative estimate of drug-likeness (QED) is 0.829. The van der Waals surface area contributed by atoms with Gasteiger partial charge in [-0.25, -0.2) is 13.2 Å². The van der Waals surface area contributed by atoms with Crippen molar-refractivity contribution in [2.45, 2.75) is 12.5 Å². The number of rotatable bonds is 4. The van der Waals surface area contributed by atoms with Crippen LogP contribution in [-0.4, -0.2) is 47.7 Å². The van der Waals surface area contributed by atoms with Crippen molar-refractivity contribution >= 4 is 11.9 Å². The molecule has 0 aliphatic carbocycles. The number of hydrogen-bond acceptors (Lipinski definition) is 3. The summed E-state index contributed by atoms with van der Waals surface area (Å²) in [6.45, 7) is 0.752. The lowest BCUT2D eigenvalue weighted by Gasteiger charge is -2.32. The minimum atomic E-state index is -1.53. The highest BCUT2D eigenvalue weighted by Gasteiger charge is 2.26. The summed E-state index contributed by atoms with van der Waals surface area (Å²) in [5, 5.41) is 8.84. The normalized spacial score (nSPS) is 17.0. The van der Waals surface area contributed by atoms with Gasteiger partial charge in [0.05, 0.1) is 19.1 Å². The number of aliphatic carboxylic acids is 1. The summed E-state index contributed by atoms with van der Waals surface area (Å²) in [4.78, 5) is 24.9. The fourth-order valence-electron chi connectivity index (χ4n) is 2.93. The molecule has 2 aromatic rings. The predicted octanol–water partition coefficient (Wildman–Crippen LogP) is 3.09. The monoisotopic (exact) mass is 379 g/mol. The average molecular weight is 379 g/mol. The Hall–Kier alpha value is -2.87. The van der Waals surface area contributed by atoms with Crippen LogP contribution in [0, 0.1) is 17.5 Å². The average Bonchev–Trinajstić information content (AvgIpc) is 2.65. The number of carboxylic acid groups (broad SMARTS) is 1. The number of benzene rings is 2. The number of amides is 1. The zero-order valence-corrected chi connectivity index (χ0v) is 14.1. The van der Waals surface area contributed by atoms with E-state index in [0.717, 1.165) is 12.1 Å². The van der Waals surface area contributed by atoms with Crippen LogP contribution in [0.4, 0.5) is 13.2 Å². The lowest BCUT2D eigenvalue weighted by Crippen LogP contribution is -2.46.